The Kier molecular flexibility index (Phi) is 6.10. The van der Waals surface area contributed by atoms with Crippen LogP contribution < -0.4 is 0 Å². The van der Waals surface area contributed by atoms with Gasteiger partial charge in [-0.3, -0.25) is 9.13 Å². The zero-order valence-electron chi connectivity index (χ0n) is 25.0. The predicted molar refractivity (Wildman–Crippen MR) is 192 cm³/mol. The van der Waals surface area contributed by atoms with Gasteiger partial charge >= 0.3 is 0 Å². The molecule has 0 N–H and O–H groups in total. The first-order valence-electron chi connectivity index (χ1n) is 15.5. The summed E-state index contributed by atoms with van der Waals surface area (Å²) in [5.41, 5.74) is 5.80. The Morgan fingerprint density at radius 3 is 1.02 bits per heavy atom. The van der Waals surface area contributed by atoms with Gasteiger partial charge in [-0.1, -0.05) is 109 Å². The lowest BCUT2D eigenvalue weighted by molar-refractivity contribution is 1.13. The molecule has 216 valence electrons. The van der Waals surface area contributed by atoms with Crippen molar-refractivity contribution in [3.8, 4) is 11.4 Å². The minimum atomic E-state index is 0.902. The van der Waals surface area contributed by atoms with Crippen molar-refractivity contribution < 1.29 is 0 Å². The largest absolute Gasteiger partial charge is 0.299 e. The second kappa shape index (κ2) is 10.7. The molecule has 4 heteroatoms. The zero-order chi connectivity index (χ0) is 30.5. The van der Waals surface area contributed by atoms with Crippen molar-refractivity contribution in [2.24, 2.45) is 0 Å². The van der Waals surface area contributed by atoms with E-state index in [4.69, 9.17) is 9.97 Å². The highest BCUT2D eigenvalue weighted by atomic mass is 15.1. The van der Waals surface area contributed by atoms with Crippen molar-refractivity contribution in [1.82, 2.24) is 19.1 Å². The lowest BCUT2D eigenvalue weighted by Gasteiger charge is -2.04. The third-order valence-corrected chi connectivity index (χ3v) is 8.71. The number of imidazole rings is 2. The van der Waals surface area contributed by atoms with Crippen molar-refractivity contribution >= 4 is 65.4 Å². The fraction of sp³-hybridized carbons (Fsp3) is 0. The third kappa shape index (κ3) is 4.56. The standard InChI is InChI=1S/C42H28N4/c1-3-19-37(20-4-1)45-27-39-33-15-7-11-29(23-33)32-14-10-18-36(26-32)42-44-40(28-46(42)38-21-5-2-6-22-38)34-16-8-12-30(24-34)31-13-9-17-35(25-31)41(45)43-39/h1-28H. The SMILES string of the molecule is c1ccc(-n2cc3nc2c2cccc(c2)c2cccc(c2)c2cn(-c4ccccc4)c(n2)c2cccc(c2)c2cccc3c2)cc1. The van der Waals surface area contributed by atoms with Gasteiger partial charge in [-0.2, -0.15) is 0 Å². The van der Waals surface area contributed by atoms with Crippen LogP contribution in [0.2, 0.25) is 0 Å². The topological polar surface area (TPSA) is 35.6 Å². The molecule has 0 amide bonds. The highest BCUT2D eigenvalue weighted by Gasteiger charge is 2.09. The summed E-state index contributed by atoms with van der Waals surface area (Å²) in [6.07, 6.45) is 4.30. The quantitative estimate of drug-likeness (QED) is 0.201. The van der Waals surface area contributed by atoms with Gasteiger partial charge in [0.25, 0.3) is 0 Å². The number of nitrogens with zero attached hydrogens (tertiary/aromatic N) is 4. The summed E-state index contributed by atoms with van der Waals surface area (Å²) in [6, 6.07) is 55.6. The van der Waals surface area contributed by atoms with Crippen LogP contribution in [0.25, 0.3) is 76.8 Å². The van der Waals surface area contributed by atoms with Crippen LogP contribution in [0.5, 0.6) is 0 Å². The predicted octanol–water partition coefficient (Wildman–Crippen LogP) is 10.7. The van der Waals surface area contributed by atoms with E-state index in [1.54, 1.807) is 0 Å². The van der Waals surface area contributed by atoms with Gasteiger partial charge in [-0.05, 0) is 70.1 Å². The molecule has 4 nitrogen and oxygen atoms in total. The van der Waals surface area contributed by atoms with Gasteiger partial charge in [0.05, 0.1) is 11.0 Å². The van der Waals surface area contributed by atoms with Crippen LogP contribution in [0.15, 0.2) is 170 Å². The summed E-state index contributed by atoms with van der Waals surface area (Å²) in [6.45, 7) is 0. The highest BCUT2D eigenvalue weighted by Crippen LogP contribution is 2.27. The second-order valence-electron chi connectivity index (χ2n) is 11.6. The minimum Gasteiger partial charge on any atom is -0.299 e. The zero-order valence-corrected chi connectivity index (χ0v) is 25.0. The number of fused-ring (bicyclic) bond motifs is 18. The molecule has 0 atom stereocenters. The summed E-state index contributed by atoms with van der Waals surface area (Å²) in [5, 5.41) is 8.75. The Balaban J connectivity index is 1.48. The Morgan fingerprint density at radius 2 is 0.630 bits per heavy atom. The summed E-state index contributed by atoms with van der Waals surface area (Å²) in [5.74, 6) is 0. The van der Waals surface area contributed by atoms with Crippen LogP contribution in [0.4, 0.5) is 0 Å². The van der Waals surface area contributed by atoms with Crippen LogP contribution >= 0.6 is 0 Å². The van der Waals surface area contributed by atoms with Gasteiger partial charge in [0.2, 0.25) is 0 Å². The summed E-state index contributed by atoms with van der Waals surface area (Å²) >= 11 is 0. The molecule has 0 saturated carbocycles. The first-order chi connectivity index (χ1) is 22.8. The first kappa shape index (κ1) is 26.2. The lowest BCUT2D eigenvalue weighted by Crippen LogP contribution is -1.91. The number of hydrogen-bond acceptors (Lipinski definition) is 2. The third-order valence-electron chi connectivity index (χ3n) is 8.71. The van der Waals surface area contributed by atoms with Crippen molar-refractivity contribution in [3.63, 3.8) is 0 Å². The van der Waals surface area contributed by atoms with Crippen LogP contribution in [-0.2, 0) is 0 Å². The molecular formula is C42H28N4. The molecular weight excluding hydrogens is 560 g/mol. The maximum atomic E-state index is 5.26. The fourth-order valence-corrected chi connectivity index (χ4v) is 6.41. The number of para-hydroxylation sites is 2. The van der Waals surface area contributed by atoms with Crippen LogP contribution in [0.1, 0.15) is 0 Å². The summed E-state index contributed by atoms with van der Waals surface area (Å²) in [7, 11) is 0. The number of hydrogen-bond donors (Lipinski definition) is 0. The molecule has 3 aromatic heterocycles. The van der Waals surface area contributed by atoms with Crippen LogP contribution in [0, 0.1) is 0 Å². The van der Waals surface area contributed by atoms with Gasteiger partial charge in [-0.25, -0.2) is 9.97 Å². The molecule has 6 aromatic carbocycles. The Hall–Kier alpha value is -6.26. The Labute approximate surface area is 265 Å². The van der Waals surface area contributed by atoms with Crippen LogP contribution in [-0.4, -0.2) is 19.1 Å². The molecule has 0 aliphatic carbocycles. The van der Waals surface area contributed by atoms with E-state index >= 15 is 0 Å². The number of rotatable bonds is 2. The molecule has 0 radical (unpaired) electrons. The molecule has 0 aliphatic heterocycles. The molecule has 0 aliphatic rings. The van der Waals surface area contributed by atoms with Crippen molar-refractivity contribution in [2.75, 3.05) is 0 Å². The van der Waals surface area contributed by atoms with E-state index in [1.165, 1.54) is 0 Å². The first-order valence-corrected chi connectivity index (χ1v) is 15.5. The van der Waals surface area contributed by atoms with Gasteiger partial charge in [0.15, 0.2) is 0 Å². The monoisotopic (exact) mass is 588 g/mol. The maximum absolute atomic E-state index is 5.26. The molecule has 12 bridgehead atoms. The summed E-state index contributed by atoms with van der Waals surface area (Å²) in [4.78, 5) is 10.5. The smallest absolute Gasteiger partial charge is 0.145 e. The van der Waals surface area contributed by atoms with Gasteiger partial charge in [0.1, 0.15) is 11.3 Å². The van der Waals surface area contributed by atoms with E-state index < -0.39 is 0 Å². The summed E-state index contributed by atoms with van der Waals surface area (Å²) < 4.78 is 4.40. The average Bonchev–Trinajstić information content (AvgIpc) is 3.79. The van der Waals surface area contributed by atoms with Crippen molar-refractivity contribution in [3.05, 3.63) is 170 Å². The van der Waals surface area contributed by atoms with Crippen LogP contribution in [0.3, 0.4) is 0 Å². The number of aromatic nitrogens is 4. The van der Waals surface area contributed by atoms with E-state index in [0.29, 0.717) is 0 Å². The van der Waals surface area contributed by atoms with Crippen molar-refractivity contribution in [2.45, 2.75) is 0 Å². The Bertz CT molecular complexity index is 2500. The lowest BCUT2D eigenvalue weighted by atomic mass is 10.1. The van der Waals surface area contributed by atoms with E-state index in [-0.39, 0.29) is 0 Å². The average molecular weight is 589 g/mol. The van der Waals surface area contributed by atoms with E-state index in [9.17, 15) is 0 Å². The molecule has 0 fully saturated rings. The molecule has 46 heavy (non-hydrogen) atoms. The van der Waals surface area contributed by atoms with Crippen molar-refractivity contribution in [1.29, 1.82) is 0 Å². The van der Waals surface area contributed by atoms with Gasteiger partial charge < -0.3 is 0 Å². The molecule has 9 aromatic rings. The maximum Gasteiger partial charge on any atom is 0.145 e. The Morgan fingerprint density at radius 1 is 0.304 bits per heavy atom. The van der Waals surface area contributed by atoms with E-state index in [0.717, 1.165) is 76.8 Å². The van der Waals surface area contributed by atoms with E-state index in [1.807, 2.05) is 12.1 Å². The molecule has 0 saturated heterocycles. The fourth-order valence-electron chi connectivity index (χ4n) is 6.41. The highest BCUT2D eigenvalue weighted by molar-refractivity contribution is 5.98. The molecule has 0 spiro atoms. The van der Waals surface area contributed by atoms with Gasteiger partial charge in [-0.15, -0.1) is 0 Å². The second-order valence-corrected chi connectivity index (χ2v) is 11.6. The normalized spacial score (nSPS) is 11.5. The van der Waals surface area contributed by atoms with E-state index in [2.05, 4.69) is 167 Å². The molecule has 3 heterocycles. The minimum absolute atomic E-state index is 0.902. The molecule has 0 unspecified atom stereocenters. The van der Waals surface area contributed by atoms with Gasteiger partial charge in [0, 0.05) is 45.3 Å². The molecule has 9 rings (SSSR count). The number of benzene rings is 6.